The van der Waals surface area contributed by atoms with Crippen molar-refractivity contribution >= 4 is 16.9 Å². The van der Waals surface area contributed by atoms with Crippen LogP contribution >= 0.6 is 0 Å². The smallest absolute Gasteiger partial charge is 0.372 e. The zero-order valence-electron chi connectivity index (χ0n) is 12.2. The molecule has 0 bridgehead atoms. The Hall–Kier alpha value is -1.81. The summed E-state index contributed by atoms with van der Waals surface area (Å²) in [6.45, 7) is 6.88. The first-order valence-corrected chi connectivity index (χ1v) is 6.93. The molecule has 20 heavy (non-hydrogen) atoms. The monoisotopic (exact) mass is 275 g/mol. The lowest BCUT2D eigenvalue weighted by Crippen LogP contribution is -2.38. The summed E-state index contributed by atoms with van der Waals surface area (Å²) >= 11 is 0. The highest BCUT2D eigenvalue weighted by Crippen LogP contribution is 2.26. The quantitative estimate of drug-likeness (QED) is 0.841. The van der Waals surface area contributed by atoms with Crippen molar-refractivity contribution in [3.63, 3.8) is 0 Å². The number of benzene rings is 1. The van der Waals surface area contributed by atoms with E-state index in [9.17, 15) is 9.90 Å². The molecule has 1 heterocycles. The van der Waals surface area contributed by atoms with Gasteiger partial charge in [0.1, 0.15) is 5.58 Å². The molecule has 0 saturated heterocycles. The maximum Gasteiger partial charge on any atom is 0.372 e. The van der Waals surface area contributed by atoms with Crippen molar-refractivity contribution < 1.29 is 14.3 Å². The van der Waals surface area contributed by atoms with Gasteiger partial charge < -0.3 is 14.8 Å². The Morgan fingerprint density at radius 1 is 1.35 bits per heavy atom. The van der Waals surface area contributed by atoms with Gasteiger partial charge in [0.05, 0.1) is 0 Å². The lowest BCUT2D eigenvalue weighted by molar-refractivity contribution is 0.0662. The fourth-order valence-electron chi connectivity index (χ4n) is 2.49. The van der Waals surface area contributed by atoms with Gasteiger partial charge in [-0.05, 0) is 26.3 Å². The van der Waals surface area contributed by atoms with Crippen molar-refractivity contribution in [2.24, 2.45) is 0 Å². The van der Waals surface area contributed by atoms with E-state index in [2.05, 4.69) is 26.1 Å². The number of para-hydroxylation sites is 1. The number of furan rings is 1. The Labute approximate surface area is 118 Å². The van der Waals surface area contributed by atoms with Gasteiger partial charge in [0.2, 0.25) is 5.76 Å². The van der Waals surface area contributed by atoms with Crippen LogP contribution in [0, 0.1) is 0 Å². The van der Waals surface area contributed by atoms with Crippen LogP contribution in [0.2, 0.25) is 0 Å². The molecule has 1 aromatic carbocycles. The predicted molar refractivity (Wildman–Crippen MR) is 79.0 cm³/mol. The lowest BCUT2D eigenvalue weighted by atomic mass is 9.98. The zero-order chi connectivity index (χ0) is 14.8. The molecule has 0 fully saturated rings. The number of hydrogen-bond acceptors (Lipinski definition) is 3. The SMILES string of the molecule is CCCC(C)(C)NCc1c(C(=O)O)oc2ccccc12. The van der Waals surface area contributed by atoms with Crippen LogP contribution in [0.3, 0.4) is 0 Å². The number of aromatic carboxylic acids is 1. The fourth-order valence-corrected chi connectivity index (χ4v) is 2.49. The number of fused-ring (bicyclic) bond motifs is 1. The molecule has 2 N–H and O–H groups in total. The summed E-state index contributed by atoms with van der Waals surface area (Å²) in [6.07, 6.45) is 2.11. The zero-order valence-corrected chi connectivity index (χ0v) is 12.2. The molecule has 0 atom stereocenters. The molecule has 0 aliphatic carbocycles. The van der Waals surface area contributed by atoms with Crippen molar-refractivity contribution in [3.05, 3.63) is 35.6 Å². The summed E-state index contributed by atoms with van der Waals surface area (Å²) in [5, 5.41) is 13.6. The van der Waals surface area contributed by atoms with Crippen LogP contribution < -0.4 is 5.32 Å². The Morgan fingerprint density at radius 2 is 2.05 bits per heavy atom. The van der Waals surface area contributed by atoms with E-state index >= 15 is 0 Å². The van der Waals surface area contributed by atoms with Gasteiger partial charge in [0, 0.05) is 23.0 Å². The van der Waals surface area contributed by atoms with Crippen molar-refractivity contribution in [2.45, 2.75) is 45.7 Å². The number of nitrogens with one attached hydrogen (secondary N) is 1. The van der Waals surface area contributed by atoms with Gasteiger partial charge in [-0.25, -0.2) is 4.79 Å². The number of hydrogen-bond donors (Lipinski definition) is 2. The van der Waals surface area contributed by atoms with Gasteiger partial charge in [-0.2, -0.15) is 0 Å². The van der Waals surface area contributed by atoms with Gasteiger partial charge in [-0.1, -0.05) is 31.5 Å². The van der Waals surface area contributed by atoms with Crippen LogP contribution in [0.5, 0.6) is 0 Å². The molecule has 4 nitrogen and oxygen atoms in total. The van der Waals surface area contributed by atoms with Crippen molar-refractivity contribution in [3.8, 4) is 0 Å². The van der Waals surface area contributed by atoms with E-state index in [-0.39, 0.29) is 11.3 Å². The Balaban J connectivity index is 2.32. The minimum absolute atomic E-state index is 0.0249. The van der Waals surface area contributed by atoms with Crippen LogP contribution in [-0.2, 0) is 6.54 Å². The molecule has 108 valence electrons. The third-order valence-electron chi connectivity index (χ3n) is 3.51. The van der Waals surface area contributed by atoms with Crippen molar-refractivity contribution in [2.75, 3.05) is 0 Å². The molecule has 2 aromatic rings. The molecule has 0 amide bonds. The van der Waals surface area contributed by atoms with Crippen LogP contribution in [0.25, 0.3) is 11.0 Å². The lowest BCUT2D eigenvalue weighted by Gasteiger charge is -2.25. The first-order chi connectivity index (χ1) is 9.44. The van der Waals surface area contributed by atoms with E-state index in [0.717, 1.165) is 23.8 Å². The summed E-state index contributed by atoms with van der Waals surface area (Å²) in [5.41, 5.74) is 1.32. The topological polar surface area (TPSA) is 62.5 Å². The normalized spacial score (nSPS) is 11.9. The summed E-state index contributed by atoms with van der Waals surface area (Å²) in [7, 11) is 0. The van der Waals surface area contributed by atoms with Gasteiger partial charge in [0.15, 0.2) is 0 Å². The second-order valence-electron chi connectivity index (χ2n) is 5.70. The van der Waals surface area contributed by atoms with E-state index in [1.165, 1.54) is 0 Å². The molecule has 0 spiro atoms. The molecular formula is C16H21NO3. The average Bonchev–Trinajstić information content (AvgIpc) is 2.75. The second kappa shape index (κ2) is 5.67. The fraction of sp³-hybridized carbons (Fsp3) is 0.438. The van der Waals surface area contributed by atoms with E-state index < -0.39 is 5.97 Å². The number of rotatable bonds is 6. The molecule has 4 heteroatoms. The molecule has 1 aromatic heterocycles. The number of carboxylic acid groups (broad SMARTS) is 1. The van der Waals surface area contributed by atoms with E-state index in [1.807, 2.05) is 18.2 Å². The van der Waals surface area contributed by atoms with E-state index in [4.69, 9.17) is 4.42 Å². The first kappa shape index (κ1) is 14.6. The van der Waals surface area contributed by atoms with Gasteiger partial charge in [0.25, 0.3) is 0 Å². The Bertz CT molecular complexity index is 613. The Kier molecular flexibility index (Phi) is 4.14. The molecule has 0 aliphatic rings. The van der Waals surface area contributed by atoms with Gasteiger partial charge >= 0.3 is 5.97 Å². The molecule has 0 saturated carbocycles. The summed E-state index contributed by atoms with van der Waals surface area (Å²) < 4.78 is 5.45. The third-order valence-corrected chi connectivity index (χ3v) is 3.51. The van der Waals surface area contributed by atoms with Crippen LogP contribution in [-0.4, -0.2) is 16.6 Å². The van der Waals surface area contributed by atoms with Gasteiger partial charge in [-0.3, -0.25) is 0 Å². The standard InChI is InChI=1S/C16H21NO3/c1-4-9-16(2,3)17-10-12-11-7-5-6-8-13(11)20-14(12)15(18)19/h5-8,17H,4,9-10H2,1-3H3,(H,18,19). The molecule has 2 rings (SSSR count). The van der Waals surface area contributed by atoms with E-state index in [1.54, 1.807) is 6.07 Å². The van der Waals surface area contributed by atoms with Crippen LogP contribution in [0.15, 0.2) is 28.7 Å². The number of carboxylic acids is 1. The highest BCUT2D eigenvalue weighted by Gasteiger charge is 2.22. The summed E-state index contributed by atoms with van der Waals surface area (Å²) in [4.78, 5) is 11.3. The Morgan fingerprint density at radius 3 is 2.70 bits per heavy atom. The molecular weight excluding hydrogens is 254 g/mol. The van der Waals surface area contributed by atoms with Crippen LogP contribution in [0.1, 0.15) is 49.7 Å². The molecule has 0 unspecified atom stereocenters. The minimum Gasteiger partial charge on any atom is -0.475 e. The average molecular weight is 275 g/mol. The van der Waals surface area contributed by atoms with Gasteiger partial charge in [-0.15, -0.1) is 0 Å². The summed E-state index contributed by atoms with van der Waals surface area (Å²) in [5.74, 6) is -0.989. The number of carbonyl (C=O) groups is 1. The molecule has 0 aliphatic heterocycles. The molecule has 0 radical (unpaired) electrons. The minimum atomic E-state index is -1.02. The van der Waals surface area contributed by atoms with Crippen molar-refractivity contribution in [1.82, 2.24) is 5.32 Å². The highest BCUT2D eigenvalue weighted by molar-refractivity contribution is 5.95. The largest absolute Gasteiger partial charge is 0.475 e. The summed E-state index contributed by atoms with van der Waals surface area (Å²) in [6, 6.07) is 7.43. The first-order valence-electron chi connectivity index (χ1n) is 6.93. The second-order valence-corrected chi connectivity index (χ2v) is 5.70. The third kappa shape index (κ3) is 3.02. The van der Waals surface area contributed by atoms with Crippen LogP contribution in [0.4, 0.5) is 0 Å². The maximum absolute atomic E-state index is 11.3. The van der Waals surface area contributed by atoms with E-state index in [0.29, 0.717) is 12.1 Å². The highest BCUT2D eigenvalue weighted by atomic mass is 16.4. The van der Waals surface area contributed by atoms with Crippen molar-refractivity contribution in [1.29, 1.82) is 0 Å². The maximum atomic E-state index is 11.3. The predicted octanol–water partition coefficient (Wildman–Crippen LogP) is 3.80.